The van der Waals surface area contributed by atoms with Crippen molar-refractivity contribution in [2.75, 3.05) is 16.4 Å². The molecule has 3 amide bonds. The van der Waals surface area contributed by atoms with Crippen molar-refractivity contribution in [3.05, 3.63) is 140 Å². The van der Waals surface area contributed by atoms with Gasteiger partial charge in [-0.3, -0.25) is 14.4 Å². The molecule has 4 aromatic carbocycles. The van der Waals surface area contributed by atoms with Crippen molar-refractivity contribution in [3.63, 3.8) is 0 Å². The van der Waals surface area contributed by atoms with Crippen molar-refractivity contribution in [3.8, 4) is 17.2 Å². The molecule has 7 nitrogen and oxygen atoms in total. The third kappa shape index (κ3) is 8.70. The van der Waals surface area contributed by atoms with Crippen molar-refractivity contribution in [1.82, 2.24) is 5.32 Å². The number of nitrogens with zero attached hydrogens (tertiary/aromatic N) is 1. The van der Waals surface area contributed by atoms with Crippen molar-refractivity contribution in [2.24, 2.45) is 0 Å². The highest BCUT2D eigenvalue weighted by Gasteiger charge is 2.18. The van der Waals surface area contributed by atoms with Crippen LogP contribution in [0.3, 0.4) is 0 Å². The second-order valence-corrected chi connectivity index (χ2v) is 12.9. The SMILES string of the molecule is Cc1ccc(-c2csc(NC(=O)CSc3cccc(NC(=O)/C(=C\c4cccc(Cl)c4Cl)NC(=O)c4ccccc4)c3)c2C#N)cc1. The number of nitrogens with one attached hydrogen (secondary N) is 3. The van der Waals surface area contributed by atoms with Gasteiger partial charge in [0.05, 0.1) is 21.4 Å². The maximum atomic E-state index is 13.5. The molecule has 1 heterocycles. The number of hydrogen-bond donors (Lipinski definition) is 3. The molecule has 0 saturated heterocycles. The third-order valence-corrected chi connectivity index (χ3v) is 9.51. The van der Waals surface area contributed by atoms with Crippen LogP contribution in [0.15, 0.2) is 113 Å². The van der Waals surface area contributed by atoms with E-state index in [1.807, 2.05) is 42.6 Å². The van der Waals surface area contributed by atoms with E-state index in [1.54, 1.807) is 66.7 Å². The van der Waals surface area contributed by atoms with Crippen LogP contribution in [0.25, 0.3) is 17.2 Å². The molecule has 5 aromatic rings. The van der Waals surface area contributed by atoms with Crippen LogP contribution in [-0.4, -0.2) is 23.5 Å². The Hall–Kier alpha value is -4.85. The number of amides is 3. The molecule has 0 bridgehead atoms. The van der Waals surface area contributed by atoms with Gasteiger partial charge in [-0.1, -0.05) is 89.4 Å². The van der Waals surface area contributed by atoms with E-state index in [2.05, 4.69) is 22.0 Å². The third-order valence-electron chi connectivity index (χ3n) is 6.79. The van der Waals surface area contributed by atoms with Gasteiger partial charge in [-0.25, -0.2) is 0 Å². The zero-order chi connectivity index (χ0) is 33.3. The number of thiophene rings is 1. The Morgan fingerprint density at radius 3 is 2.40 bits per heavy atom. The summed E-state index contributed by atoms with van der Waals surface area (Å²) in [7, 11) is 0. The lowest BCUT2D eigenvalue weighted by Crippen LogP contribution is -2.30. The fourth-order valence-corrected chi connectivity index (χ4v) is 6.46. The smallest absolute Gasteiger partial charge is 0.272 e. The molecule has 234 valence electrons. The highest BCUT2D eigenvalue weighted by atomic mass is 35.5. The summed E-state index contributed by atoms with van der Waals surface area (Å²) in [5.74, 6) is -1.26. The first-order chi connectivity index (χ1) is 22.7. The quantitative estimate of drug-likeness (QED) is 0.0997. The van der Waals surface area contributed by atoms with Crippen LogP contribution in [0, 0.1) is 18.3 Å². The zero-order valence-corrected chi connectivity index (χ0v) is 28.0. The summed E-state index contributed by atoms with van der Waals surface area (Å²) in [6.07, 6.45) is 1.46. The van der Waals surface area contributed by atoms with Gasteiger partial charge in [0.25, 0.3) is 11.8 Å². The van der Waals surface area contributed by atoms with Gasteiger partial charge in [0.15, 0.2) is 0 Å². The largest absolute Gasteiger partial charge is 0.321 e. The highest BCUT2D eigenvalue weighted by molar-refractivity contribution is 8.00. The lowest BCUT2D eigenvalue weighted by molar-refractivity contribution is -0.114. The monoisotopic (exact) mass is 696 g/mol. The molecule has 47 heavy (non-hydrogen) atoms. The van der Waals surface area contributed by atoms with Gasteiger partial charge in [0, 0.05) is 27.1 Å². The van der Waals surface area contributed by atoms with Crippen LogP contribution < -0.4 is 16.0 Å². The number of carbonyl (C=O) groups is 3. The number of anilines is 2. The lowest BCUT2D eigenvalue weighted by atomic mass is 10.0. The van der Waals surface area contributed by atoms with Gasteiger partial charge in [0.1, 0.15) is 16.8 Å². The summed E-state index contributed by atoms with van der Waals surface area (Å²) in [5, 5.41) is 21.1. The topological polar surface area (TPSA) is 111 Å². The number of aryl methyl sites for hydroxylation is 1. The number of carbonyl (C=O) groups excluding carboxylic acids is 3. The van der Waals surface area contributed by atoms with Gasteiger partial charge < -0.3 is 16.0 Å². The minimum atomic E-state index is -0.587. The first kappa shape index (κ1) is 33.5. The fourth-order valence-electron chi connectivity index (χ4n) is 4.41. The molecule has 0 atom stereocenters. The van der Waals surface area contributed by atoms with Crippen LogP contribution >= 0.6 is 46.3 Å². The molecule has 0 aliphatic heterocycles. The number of thioether (sulfide) groups is 1. The van der Waals surface area contributed by atoms with Crippen LogP contribution in [0.1, 0.15) is 27.0 Å². The van der Waals surface area contributed by atoms with Crippen molar-refractivity contribution >= 4 is 80.8 Å². The number of rotatable bonds is 10. The zero-order valence-electron chi connectivity index (χ0n) is 24.8. The standard InChI is InChI=1S/C36H26Cl2N4O3S2/c1-22-13-15-23(16-14-22)29-20-47-36(28(29)19-39)42-32(43)21-46-27-11-6-10-26(18-27)40-35(45)31(17-25-9-5-12-30(37)33(25)38)41-34(44)24-7-3-2-4-8-24/h2-18,20H,21H2,1H3,(H,40,45)(H,41,44)(H,42,43)/b31-17+. The summed E-state index contributed by atoms with van der Waals surface area (Å²) in [4.78, 5) is 40.0. The molecular weight excluding hydrogens is 671 g/mol. The summed E-state index contributed by atoms with van der Waals surface area (Å²) in [6, 6.07) is 30.6. The Morgan fingerprint density at radius 2 is 1.66 bits per heavy atom. The summed E-state index contributed by atoms with van der Waals surface area (Å²) in [5.41, 5.74) is 4.44. The van der Waals surface area contributed by atoms with Crippen molar-refractivity contribution in [2.45, 2.75) is 11.8 Å². The Labute approximate surface area is 290 Å². The minimum Gasteiger partial charge on any atom is -0.321 e. The highest BCUT2D eigenvalue weighted by Crippen LogP contribution is 2.35. The van der Waals surface area contributed by atoms with E-state index in [9.17, 15) is 19.6 Å². The van der Waals surface area contributed by atoms with Crippen molar-refractivity contribution in [1.29, 1.82) is 5.26 Å². The minimum absolute atomic E-state index is 0.0466. The number of benzene rings is 4. The maximum absolute atomic E-state index is 13.5. The Bertz CT molecular complexity index is 2020. The predicted octanol–water partition coefficient (Wildman–Crippen LogP) is 9.04. The molecule has 0 radical (unpaired) electrons. The van der Waals surface area contributed by atoms with Gasteiger partial charge in [-0.05, 0) is 60.5 Å². The second kappa shape index (κ2) is 15.6. The van der Waals surface area contributed by atoms with E-state index in [-0.39, 0.29) is 22.4 Å². The van der Waals surface area contributed by atoms with E-state index in [1.165, 1.54) is 29.2 Å². The first-order valence-corrected chi connectivity index (χ1v) is 16.8. The molecule has 1 aromatic heterocycles. The van der Waals surface area contributed by atoms with Gasteiger partial charge >= 0.3 is 0 Å². The fraction of sp³-hybridized carbons (Fsp3) is 0.0556. The predicted molar refractivity (Wildman–Crippen MR) is 192 cm³/mol. The van der Waals surface area contributed by atoms with Crippen molar-refractivity contribution < 1.29 is 14.4 Å². The van der Waals surface area contributed by atoms with E-state index in [4.69, 9.17) is 23.2 Å². The molecular formula is C36H26Cl2N4O3S2. The van der Waals surface area contributed by atoms with E-state index >= 15 is 0 Å². The van der Waals surface area contributed by atoms with Gasteiger partial charge in [0.2, 0.25) is 5.91 Å². The Balaban J connectivity index is 1.27. The summed E-state index contributed by atoms with van der Waals surface area (Å²) < 4.78 is 0. The van der Waals surface area contributed by atoms with E-state index < -0.39 is 11.8 Å². The van der Waals surface area contributed by atoms with Crippen LogP contribution in [-0.2, 0) is 9.59 Å². The molecule has 0 unspecified atom stereocenters. The molecule has 0 aliphatic rings. The first-order valence-electron chi connectivity index (χ1n) is 14.2. The summed E-state index contributed by atoms with van der Waals surface area (Å²) >= 11 is 15.1. The Kier molecular flexibility index (Phi) is 11.1. The average Bonchev–Trinajstić information content (AvgIpc) is 3.48. The molecule has 11 heteroatoms. The number of halogens is 2. The molecule has 0 spiro atoms. The average molecular weight is 698 g/mol. The number of nitriles is 1. The molecule has 0 aliphatic carbocycles. The van der Waals surface area contributed by atoms with Crippen LogP contribution in [0.5, 0.6) is 0 Å². The number of hydrogen-bond acceptors (Lipinski definition) is 6. The molecule has 3 N–H and O–H groups in total. The van der Waals surface area contributed by atoms with Crippen LogP contribution in [0.4, 0.5) is 10.7 Å². The van der Waals surface area contributed by atoms with Crippen LogP contribution in [0.2, 0.25) is 10.0 Å². The Morgan fingerprint density at radius 1 is 0.915 bits per heavy atom. The van der Waals surface area contributed by atoms with Gasteiger partial charge in [-0.15, -0.1) is 23.1 Å². The van der Waals surface area contributed by atoms with Gasteiger partial charge in [-0.2, -0.15) is 5.26 Å². The molecule has 5 rings (SSSR count). The van der Waals surface area contributed by atoms with E-state index in [0.717, 1.165) is 21.6 Å². The van der Waals surface area contributed by atoms with E-state index in [0.29, 0.717) is 32.4 Å². The normalized spacial score (nSPS) is 11.0. The molecule has 0 saturated carbocycles. The summed E-state index contributed by atoms with van der Waals surface area (Å²) in [6.45, 7) is 2.00. The molecule has 0 fully saturated rings. The lowest BCUT2D eigenvalue weighted by Gasteiger charge is -2.13. The second-order valence-electron chi connectivity index (χ2n) is 10.2. The maximum Gasteiger partial charge on any atom is 0.272 e.